The zero-order chi connectivity index (χ0) is 12.6. The van der Waals surface area contributed by atoms with Crippen LogP contribution in [0.1, 0.15) is 33.6 Å². The normalized spacial score (nSPS) is 13.8. The summed E-state index contributed by atoms with van der Waals surface area (Å²) in [6.07, 6.45) is 0.926. The van der Waals surface area contributed by atoms with E-state index in [4.69, 9.17) is 4.74 Å². The minimum absolute atomic E-state index is 0.101. The van der Waals surface area contributed by atoms with Crippen molar-refractivity contribution >= 4 is 12.1 Å². The van der Waals surface area contributed by atoms with Crippen LogP contribution >= 0.6 is 0 Å². The van der Waals surface area contributed by atoms with Gasteiger partial charge in [-0.15, -0.1) is 0 Å². The highest BCUT2D eigenvalue weighted by molar-refractivity contribution is 5.72. The van der Waals surface area contributed by atoms with Gasteiger partial charge in [0.25, 0.3) is 0 Å². The van der Waals surface area contributed by atoms with E-state index in [2.05, 4.69) is 10.1 Å². The predicted octanol–water partition coefficient (Wildman–Crippen LogP) is 1.71. The molecule has 0 spiro atoms. The summed E-state index contributed by atoms with van der Waals surface area (Å²) in [4.78, 5) is 22.3. The van der Waals surface area contributed by atoms with Gasteiger partial charge in [0.15, 0.2) is 0 Å². The Bertz CT molecular complexity index is 230. The van der Waals surface area contributed by atoms with Crippen molar-refractivity contribution in [3.63, 3.8) is 0 Å². The second-order valence-corrected chi connectivity index (χ2v) is 3.68. The first-order valence-corrected chi connectivity index (χ1v) is 5.56. The number of carbonyl (C=O) groups is 2. The molecular weight excluding hydrogens is 210 g/mol. The molecule has 0 rings (SSSR count). The van der Waals surface area contributed by atoms with E-state index >= 15 is 0 Å². The van der Waals surface area contributed by atoms with Gasteiger partial charge < -0.3 is 14.8 Å². The average Bonchev–Trinajstić information content (AvgIpc) is 2.32. The molecule has 2 atom stereocenters. The minimum atomic E-state index is -0.508. The molecule has 0 radical (unpaired) electrons. The lowest BCUT2D eigenvalue weighted by Crippen LogP contribution is -2.38. The van der Waals surface area contributed by atoms with Crippen molar-refractivity contribution in [1.82, 2.24) is 5.32 Å². The van der Waals surface area contributed by atoms with Crippen LogP contribution in [-0.2, 0) is 14.3 Å². The Labute approximate surface area is 96.5 Å². The second kappa shape index (κ2) is 7.96. The predicted molar refractivity (Wildman–Crippen MR) is 60.0 cm³/mol. The molecule has 0 saturated heterocycles. The van der Waals surface area contributed by atoms with Gasteiger partial charge in [0.1, 0.15) is 6.61 Å². The first-order valence-electron chi connectivity index (χ1n) is 5.56. The van der Waals surface area contributed by atoms with Crippen molar-refractivity contribution in [3.8, 4) is 0 Å². The van der Waals surface area contributed by atoms with E-state index in [-0.39, 0.29) is 24.5 Å². The Kier molecular flexibility index (Phi) is 7.33. The van der Waals surface area contributed by atoms with Gasteiger partial charge in [-0.2, -0.15) is 0 Å². The van der Waals surface area contributed by atoms with Crippen molar-refractivity contribution in [2.45, 2.75) is 39.7 Å². The number of rotatable bonds is 6. The molecule has 2 unspecified atom stereocenters. The maximum Gasteiger partial charge on any atom is 0.407 e. The molecule has 94 valence electrons. The Morgan fingerprint density at radius 2 is 1.88 bits per heavy atom. The van der Waals surface area contributed by atoms with Gasteiger partial charge >= 0.3 is 12.1 Å². The van der Waals surface area contributed by atoms with Crippen LogP contribution in [-0.4, -0.2) is 31.8 Å². The number of nitrogens with one attached hydrogen (secondary N) is 1. The fourth-order valence-electron chi connectivity index (χ4n) is 0.979. The summed E-state index contributed by atoms with van der Waals surface area (Å²) in [5.41, 5.74) is 0. The number of esters is 1. The first kappa shape index (κ1) is 14.7. The van der Waals surface area contributed by atoms with E-state index in [1.165, 1.54) is 7.11 Å². The smallest absolute Gasteiger partial charge is 0.407 e. The van der Waals surface area contributed by atoms with Crippen LogP contribution in [0.2, 0.25) is 0 Å². The average molecular weight is 231 g/mol. The maximum atomic E-state index is 11.4. The van der Waals surface area contributed by atoms with Crippen molar-refractivity contribution in [2.24, 2.45) is 5.92 Å². The van der Waals surface area contributed by atoms with E-state index in [1.54, 1.807) is 0 Å². The number of alkyl carbamates (subject to hydrolysis) is 1. The van der Waals surface area contributed by atoms with Crippen LogP contribution in [0, 0.1) is 5.92 Å². The van der Waals surface area contributed by atoms with Crippen molar-refractivity contribution in [1.29, 1.82) is 0 Å². The van der Waals surface area contributed by atoms with E-state index in [1.807, 2.05) is 20.8 Å². The van der Waals surface area contributed by atoms with Gasteiger partial charge in [0, 0.05) is 0 Å². The zero-order valence-corrected chi connectivity index (χ0v) is 10.4. The third kappa shape index (κ3) is 5.58. The van der Waals surface area contributed by atoms with Gasteiger partial charge in [0.05, 0.1) is 19.1 Å². The molecule has 5 heteroatoms. The number of ether oxygens (including phenoxy) is 2. The molecule has 0 saturated carbocycles. The van der Waals surface area contributed by atoms with E-state index < -0.39 is 6.09 Å². The molecule has 0 fully saturated rings. The third-order valence-electron chi connectivity index (χ3n) is 2.44. The summed E-state index contributed by atoms with van der Waals surface area (Å²) in [5.74, 6) is -0.330. The van der Waals surface area contributed by atoms with Crippen LogP contribution < -0.4 is 5.32 Å². The Hall–Kier alpha value is -1.26. The topological polar surface area (TPSA) is 64.6 Å². The fourth-order valence-corrected chi connectivity index (χ4v) is 0.979. The fraction of sp³-hybridized carbons (Fsp3) is 0.818. The van der Waals surface area contributed by atoms with Crippen LogP contribution in [0.4, 0.5) is 4.79 Å². The second-order valence-electron chi connectivity index (χ2n) is 3.68. The number of methoxy groups -OCH3 is 1. The van der Waals surface area contributed by atoms with Gasteiger partial charge in [-0.3, -0.25) is 4.79 Å². The largest absolute Gasteiger partial charge is 0.463 e. The quantitative estimate of drug-likeness (QED) is 0.707. The molecule has 1 amide bonds. The highest BCUT2D eigenvalue weighted by Crippen LogP contribution is 2.04. The number of amides is 1. The molecule has 16 heavy (non-hydrogen) atoms. The van der Waals surface area contributed by atoms with Crippen LogP contribution in [0.25, 0.3) is 0 Å². The number of hydrogen-bond donors (Lipinski definition) is 1. The summed E-state index contributed by atoms with van der Waals surface area (Å²) in [7, 11) is 1.30. The molecule has 0 aliphatic carbocycles. The molecule has 1 N–H and O–H groups in total. The van der Waals surface area contributed by atoms with E-state index in [0.29, 0.717) is 6.42 Å². The van der Waals surface area contributed by atoms with Crippen LogP contribution in [0.5, 0.6) is 0 Å². The van der Waals surface area contributed by atoms with Gasteiger partial charge in [0.2, 0.25) is 0 Å². The Balaban J connectivity index is 3.95. The summed E-state index contributed by atoms with van der Waals surface area (Å²) < 4.78 is 9.55. The first-order chi connectivity index (χ1) is 7.54. The Morgan fingerprint density at radius 1 is 1.25 bits per heavy atom. The van der Waals surface area contributed by atoms with E-state index in [0.717, 1.165) is 6.42 Å². The lowest BCUT2D eigenvalue weighted by atomic mass is 10.1. The van der Waals surface area contributed by atoms with Crippen LogP contribution in [0.3, 0.4) is 0 Å². The molecule has 0 aliphatic heterocycles. The minimum Gasteiger partial charge on any atom is -0.463 e. The van der Waals surface area contributed by atoms with Crippen molar-refractivity contribution in [3.05, 3.63) is 0 Å². The molecule has 0 aromatic carbocycles. The molecule has 5 nitrogen and oxygen atoms in total. The summed E-state index contributed by atoms with van der Waals surface area (Å²) in [6, 6.07) is -0.194. The molecule has 0 bridgehead atoms. The monoisotopic (exact) mass is 231 g/mol. The summed E-state index contributed by atoms with van der Waals surface area (Å²) in [5, 5.41) is 2.59. The standard InChI is InChI=1S/C11H21NO4/c1-5-8(3)10(13)16-7-9(6-2)12-11(14)15-4/h8-9H,5-7H2,1-4H3,(H,12,14). The van der Waals surface area contributed by atoms with E-state index in [9.17, 15) is 9.59 Å². The SMILES string of the molecule is CCC(COC(=O)C(C)CC)NC(=O)OC. The highest BCUT2D eigenvalue weighted by Gasteiger charge is 2.16. The Morgan fingerprint density at radius 3 is 2.31 bits per heavy atom. The number of carbonyl (C=O) groups excluding carboxylic acids is 2. The molecule has 0 heterocycles. The number of hydrogen-bond acceptors (Lipinski definition) is 4. The molecule has 0 aromatic heterocycles. The lowest BCUT2D eigenvalue weighted by Gasteiger charge is -2.17. The van der Waals surface area contributed by atoms with Gasteiger partial charge in [-0.05, 0) is 12.8 Å². The zero-order valence-electron chi connectivity index (χ0n) is 10.4. The maximum absolute atomic E-state index is 11.4. The van der Waals surface area contributed by atoms with Crippen molar-refractivity contribution < 1.29 is 19.1 Å². The summed E-state index contributed by atoms with van der Waals surface area (Å²) in [6.45, 7) is 5.83. The van der Waals surface area contributed by atoms with Gasteiger partial charge in [-0.25, -0.2) is 4.79 Å². The molecule has 0 aliphatic rings. The highest BCUT2D eigenvalue weighted by atomic mass is 16.5. The van der Waals surface area contributed by atoms with Crippen molar-refractivity contribution in [2.75, 3.05) is 13.7 Å². The molecule has 0 aromatic rings. The third-order valence-corrected chi connectivity index (χ3v) is 2.44. The summed E-state index contributed by atoms with van der Waals surface area (Å²) >= 11 is 0. The van der Waals surface area contributed by atoms with Gasteiger partial charge in [-0.1, -0.05) is 20.8 Å². The molecular formula is C11H21NO4. The van der Waals surface area contributed by atoms with Crippen LogP contribution in [0.15, 0.2) is 0 Å². The lowest BCUT2D eigenvalue weighted by molar-refractivity contribution is -0.148.